The van der Waals surface area contributed by atoms with Crippen LogP contribution in [0, 0.1) is 5.41 Å². The molecule has 4 nitrogen and oxygen atoms in total. The molecule has 1 N–H and O–H groups in total. The Balaban J connectivity index is 2.00. The molecule has 0 amide bonds. The first kappa shape index (κ1) is 12.9. The molecule has 0 bridgehead atoms. The maximum Gasteiger partial charge on any atom is 0.217 e. The van der Waals surface area contributed by atoms with E-state index in [0.29, 0.717) is 0 Å². The molecule has 0 saturated carbocycles. The number of aromatic nitrogens is 3. The fourth-order valence-electron chi connectivity index (χ4n) is 1.75. The van der Waals surface area contributed by atoms with Gasteiger partial charge in [-0.3, -0.25) is 4.40 Å². The van der Waals surface area contributed by atoms with Crippen molar-refractivity contribution in [1.82, 2.24) is 14.6 Å². The molecular formula is C13H15N3OS2. The van der Waals surface area contributed by atoms with E-state index in [9.17, 15) is 5.11 Å². The van der Waals surface area contributed by atoms with Crippen LogP contribution in [0.25, 0.3) is 15.2 Å². The summed E-state index contributed by atoms with van der Waals surface area (Å²) < 4.78 is 3.31. The first-order valence-electron chi connectivity index (χ1n) is 6.07. The molecule has 19 heavy (non-hydrogen) atoms. The molecule has 0 radical (unpaired) electrons. The molecule has 0 atom stereocenters. The molecule has 2 aromatic heterocycles. The van der Waals surface area contributed by atoms with Crippen molar-refractivity contribution in [3.05, 3.63) is 24.3 Å². The number of hydrogen-bond donors (Lipinski definition) is 1. The normalized spacial score (nSPS) is 12.6. The minimum absolute atomic E-state index is 0.109. The van der Waals surface area contributed by atoms with Gasteiger partial charge >= 0.3 is 0 Å². The van der Waals surface area contributed by atoms with Gasteiger partial charge in [-0.1, -0.05) is 49.1 Å². The van der Waals surface area contributed by atoms with Crippen molar-refractivity contribution < 1.29 is 5.11 Å². The number of benzene rings is 1. The Morgan fingerprint density at radius 3 is 2.89 bits per heavy atom. The van der Waals surface area contributed by atoms with E-state index < -0.39 is 0 Å². The number of para-hydroxylation sites is 1. The topological polar surface area (TPSA) is 50.4 Å². The molecular weight excluding hydrogens is 278 g/mol. The van der Waals surface area contributed by atoms with Crippen molar-refractivity contribution in [2.75, 3.05) is 12.4 Å². The molecule has 0 spiro atoms. The zero-order valence-corrected chi connectivity index (χ0v) is 12.5. The molecule has 100 valence electrons. The highest BCUT2D eigenvalue weighted by Gasteiger charge is 2.19. The smallest absolute Gasteiger partial charge is 0.217 e. The number of nitrogens with zero attached hydrogens (tertiary/aromatic N) is 3. The first-order valence-corrected chi connectivity index (χ1v) is 7.87. The van der Waals surface area contributed by atoms with Gasteiger partial charge in [-0.25, -0.2) is 0 Å². The van der Waals surface area contributed by atoms with Crippen LogP contribution in [-0.2, 0) is 0 Å². The minimum atomic E-state index is -0.109. The Hall–Kier alpha value is -1.11. The van der Waals surface area contributed by atoms with Crippen molar-refractivity contribution in [3.63, 3.8) is 0 Å². The molecule has 2 heterocycles. The summed E-state index contributed by atoms with van der Waals surface area (Å²) in [5.74, 6) is 0.814. The van der Waals surface area contributed by atoms with E-state index in [2.05, 4.69) is 26.7 Å². The molecule has 3 rings (SSSR count). The maximum absolute atomic E-state index is 9.31. The molecule has 0 fully saturated rings. The average Bonchev–Trinajstić information content (AvgIpc) is 2.95. The number of aliphatic hydroxyl groups is 1. The van der Waals surface area contributed by atoms with Crippen LogP contribution in [0.5, 0.6) is 0 Å². The summed E-state index contributed by atoms with van der Waals surface area (Å²) in [5, 5.41) is 18.7. The van der Waals surface area contributed by atoms with Gasteiger partial charge in [0.2, 0.25) is 4.96 Å². The lowest BCUT2D eigenvalue weighted by Crippen LogP contribution is -2.19. The van der Waals surface area contributed by atoms with Crippen molar-refractivity contribution in [2.24, 2.45) is 5.41 Å². The van der Waals surface area contributed by atoms with Crippen LogP contribution in [-0.4, -0.2) is 32.1 Å². The van der Waals surface area contributed by atoms with E-state index in [1.165, 1.54) is 4.70 Å². The lowest BCUT2D eigenvalue weighted by molar-refractivity contribution is 0.180. The van der Waals surface area contributed by atoms with Gasteiger partial charge in [-0.05, 0) is 17.5 Å². The summed E-state index contributed by atoms with van der Waals surface area (Å²) in [6.45, 7) is 4.26. The van der Waals surface area contributed by atoms with Crippen LogP contribution in [0.1, 0.15) is 13.8 Å². The van der Waals surface area contributed by atoms with E-state index in [1.807, 2.05) is 26.0 Å². The molecule has 1 aromatic carbocycles. The van der Waals surface area contributed by atoms with Crippen molar-refractivity contribution in [3.8, 4) is 0 Å². The third-order valence-corrected chi connectivity index (χ3v) is 5.39. The van der Waals surface area contributed by atoms with Crippen LogP contribution >= 0.6 is 23.1 Å². The molecule has 0 aliphatic carbocycles. The molecule has 6 heteroatoms. The standard InChI is InChI=1S/C13H15N3OS2/c1-13(2,7-17)8-18-11-14-15-12-16(11)9-5-3-4-6-10(9)19-12/h3-6,17H,7-8H2,1-2H3. The Morgan fingerprint density at radius 2 is 2.11 bits per heavy atom. The second-order valence-corrected chi connectivity index (χ2v) is 7.23. The van der Waals surface area contributed by atoms with Crippen molar-refractivity contribution in [1.29, 1.82) is 0 Å². The van der Waals surface area contributed by atoms with E-state index in [0.717, 1.165) is 21.4 Å². The third kappa shape index (κ3) is 2.35. The summed E-state index contributed by atoms with van der Waals surface area (Å²) >= 11 is 3.29. The SMILES string of the molecule is CC(C)(CO)CSc1nnc2sc3ccccc3n12. The highest BCUT2D eigenvalue weighted by atomic mass is 32.2. The highest BCUT2D eigenvalue weighted by molar-refractivity contribution is 7.99. The Kier molecular flexibility index (Phi) is 3.24. The van der Waals surface area contributed by atoms with Gasteiger partial charge in [0.25, 0.3) is 0 Å². The quantitative estimate of drug-likeness (QED) is 0.751. The van der Waals surface area contributed by atoms with Gasteiger partial charge in [-0.2, -0.15) is 0 Å². The monoisotopic (exact) mass is 293 g/mol. The summed E-state index contributed by atoms with van der Waals surface area (Å²) in [7, 11) is 0. The van der Waals surface area contributed by atoms with Crippen LogP contribution in [0.15, 0.2) is 29.4 Å². The minimum Gasteiger partial charge on any atom is -0.396 e. The highest BCUT2D eigenvalue weighted by Crippen LogP contribution is 2.31. The average molecular weight is 293 g/mol. The molecule has 0 aliphatic rings. The van der Waals surface area contributed by atoms with Gasteiger partial charge in [0.15, 0.2) is 5.16 Å². The number of aliphatic hydroxyl groups excluding tert-OH is 1. The molecule has 0 unspecified atom stereocenters. The number of rotatable bonds is 4. The van der Waals surface area contributed by atoms with Gasteiger partial charge in [-0.15, -0.1) is 10.2 Å². The molecule has 0 saturated heterocycles. The second-order valence-electron chi connectivity index (χ2n) is 5.28. The fraction of sp³-hybridized carbons (Fsp3) is 0.385. The van der Waals surface area contributed by atoms with Crippen molar-refractivity contribution in [2.45, 2.75) is 19.0 Å². The van der Waals surface area contributed by atoms with Gasteiger partial charge < -0.3 is 5.11 Å². The third-order valence-electron chi connectivity index (χ3n) is 2.93. The number of thioether (sulfide) groups is 1. The summed E-state index contributed by atoms with van der Waals surface area (Å²) in [6, 6.07) is 8.25. The first-order chi connectivity index (χ1) is 9.11. The fourth-order valence-corrected chi connectivity index (χ4v) is 3.80. The number of thiazole rings is 1. The largest absolute Gasteiger partial charge is 0.396 e. The van der Waals surface area contributed by atoms with Crippen molar-refractivity contribution >= 4 is 38.3 Å². The van der Waals surface area contributed by atoms with Crippen LogP contribution in [0.3, 0.4) is 0 Å². The van der Waals surface area contributed by atoms with Crippen LogP contribution < -0.4 is 0 Å². The van der Waals surface area contributed by atoms with E-state index in [-0.39, 0.29) is 12.0 Å². The maximum atomic E-state index is 9.31. The Morgan fingerprint density at radius 1 is 1.32 bits per heavy atom. The Labute approximate surface area is 119 Å². The second kappa shape index (κ2) is 4.77. The van der Waals surface area contributed by atoms with Gasteiger partial charge in [0.1, 0.15) is 0 Å². The molecule has 0 aliphatic heterocycles. The van der Waals surface area contributed by atoms with E-state index in [4.69, 9.17) is 0 Å². The van der Waals surface area contributed by atoms with E-state index in [1.54, 1.807) is 23.1 Å². The van der Waals surface area contributed by atoms with Gasteiger partial charge in [0, 0.05) is 12.4 Å². The van der Waals surface area contributed by atoms with Crippen LogP contribution in [0.2, 0.25) is 0 Å². The Bertz CT molecular complexity index is 717. The predicted octanol–water partition coefficient (Wildman–Crippen LogP) is 3.05. The summed E-state index contributed by atoms with van der Waals surface area (Å²) in [6.07, 6.45) is 0. The number of fused-ring (bicyclic) bond motifs is 3. The lowest BCUT2D eigenvalue weighted by Gasteiger charge is -2.19. The van der Waals surface area contributed by atoms with Gasteiger partial charge in [0.05, 0.1) is 10.2 Å². The van der Waals surface area contributed by atoms with Crippen LogP contribution in [0.4, 0.5) is 0 Å². The molecule has 3 aromatic rings. The zero-order valence-electron chi connectivity index (χ0n) is 10.8. The van der Waals surface area contributed by atoms with E-state index >= 15 is 0 Å². The predicted molar refractivity (Wildman–Crippen MR) is 80.0 cm³/mol. The number of hydrogen-bond acceptors (Lipinski definition) is 5. The summed E-state index contributed by atoms with van der Waals surface area (Å²) in [4.78, 5) is 0.922. The lowest BCUT2D eigenvalue weighted by atomic mass is 9.98. The summed E-state index contributed by atoms with van der Waals surface area (Å²) in [5.41, 5.74) is 1.04. The zero-order chi connectivity index (χ0) is 13.5.